The van der Waals surface area contributed by atoms with Crippen LogP contribution in [0.2, 0.25) is 0 Å². The molecule has 0 radical (unpaired) electrons. The van der Waals surface area contributed by atoms with Gasteiger partial charge in [0.15, 0.2) is 25.2 Å². The largest absolute Gasteiger partial charge is 0.353 e. The van der Waals surface area contributed by atoms with Gasteiger partial charge in [-0.3, -0.25) is 0 Å². The van der Waals surface area contributed by atoms with Gasteiger partial charge in [0.2, 0.25) is 0 Å². The Hall–Kier alpha value is -2.36. The number of benzene rings is 2. The third-order valence-corrected chi connectivity index (χ3v) is 16.2. The van der Waals surface area contributed by atoms with E-state index in [1.54, 1.807) is 0 Å². The molecule has 0 saturated carbocycles. The molecule has 480 valence electrons. The Kier molecular flexibility index (Phi) is 58.0. The van der Waals surface area contributed by atoms with Gasteiger partial charge in [-0.25, -0.2) is 0 Å². The predicted octanol–water partition coefficient (Wildman–Crippen LogP) is 23.9. The normalized spacial score (nSPS) is 12.8. The fraction of sp³-hybridized carbons (Fsp3) is 0.789. The molecule has 7 nitrogen and oxygen atoms in total. The first-order valence-corrected chi connectivity index (χ1v) is 35.9. The molecule has 83 heavy (non-hydrogen) atoms. The van der Waals surface area contributed by atoms with Crippen molar-refractivity contribution in [2.24, 2.45) is 0 Å². The third kappa shape index (κ3) is 52.5. The van der Waals surface area contributed by atoms with Crippen LogP contribution < -0.4 is 0 Å². The van der Waals surface area contributed by atoms with Gasteiger partial charge in [-0.1, -0.05) is 319 Å². The zero-order chi connectivity index (χ0) is 59.1. The highest BCUT2D eigenvalue weighted by molar-refractivity contribution is 5.14. The second-order valence-corrected chi connectivity index (χ2v) is 24.3. The van der Waals surface area contributed by atoms with Crippen molar-refractivity contribution in [2.75, 3.05) is 26.4 Å². The maximum atomic E-state index is 6.62. The molecule has 0 heterocycles. The molecule has 2 atom stereocenters. The van der Waals surface area contributed by atoms with Crippen LogP contribution in [-0.4, -0.2) is 51.6 Å². The lowest BCUT2D eigenvalue weighted by Gasteiger charge is -2.22. The van der Waals surface area contributed by atoms with Gasteiger partial charge in [0.05, 0.1) is 13.2 Å². The minimum atomic E-state index is -0.512. The second-order valence-electron chi connectivity index (χ2n) is 24.3. The van der Waals surface area contributed by atoms with Crippen molar-refractivity contribution in [1.29, 1.82) is 0 Å². The summed E-state index contributed by atoms with van der Waals surface area (Å²) in [5.41, 5.74) is 2.27. The van der Waals surface area contributed by atoms with Gasteiger partial charge >= 0.3 is 0 Å². The number of hydrogen-bond acceptors (Lipinski definition) is 7. The van der Waals surface area contributed by atoms with Crippen molar-refractivity contribution in [1.82, 2.24) is 0 Å². The number of rotatable bonds is 66. The molecule has 2 aromatic carbocycles. The summed E-state index contributed by atoms with van der Waals surface area (Å²) >= 11 is 0. The SMILES string of the molecule is CCCCCCCCOC(CCCCCCCCCCCC=CC(OCc1ccccc1)OC(C=CCCCCCCCCCCCC(OCCCCCCCC)OCCCCCCCC)OCc1ccccc1)OCCCCCCCC. The number of ether oxygens (including phenoxy) is 7. The minimum Gasteiger partial charge on any atom is -0.353 e. The Morgan fingerprint density at radius 1 is 0.277 bits per heavy atom. The summed E-state index contributed by atoms with van der Waals surface area (Å²) in [6.07, 6.45) is 66.0. The average molecular weight is 1160 g/mol. The molecule has 0 aliphatic carbocycles. The molecular formula is C76H134O7. The average Bonchev–Trinajstić information content (AvgIpc) is 3.50. The van der Waals surface area contributed by atoms with Crippen molar-refractivity contribution in [3.05, 3.63) is 96.1 Å². The highest BCUT2D eigenvalue weighted by Crippen LogP contribution is 2.20. The van der Waals surface area contributed by atoms with Crippen molar-refractivity contribution >= 4 is 0 Å². The first kappa shape index (κ1) is 76.7. The summed E-state index contributed by atoms with van der Waals surface area (Å²) in [5.74, 6) is 0. The lowest BCUT2D eigenvalue weighted by Crippen LogP contribution is -2.24. The summed E-state index contributed by atoms with van der Waals surface area (Å²) in [5, 5.41) is 0. The van der Waals surface area contributed by atoms with E-state index in [9.17, 15) is 0 Å². The molecule has 0 aliphatic heterocycles. The maximum absolute atomic E-state index is 6.62. The van der Waals surface area contributed by atoms with Gasteiger partial charge in [-0.15, -0.1) is 0 Å². The lowest BCUT2D eigenvalue weighted by atomic mass is 10.1. The molecule has 0 bridgehead atoms. The van der Waals surface area contributed by atoms with Gasteiger partial charge in [0, 0.05) is 26.4 Å². The third-order valence-electron chi connectivity index (χ3n) is 16.2. The van der Waals surface area contributed by atoms with E-state index in [4.69, 9.17) is 33.2 Å². The molecule has 0 fully saturated rings. The number of hydrogen-bond donors (Lipinski definition) is 0. The van der Waals surface area contributed by atoms with Crippen LogP contribution in [0.1, 0.15) is 334 Å². The van der Waals surface area contributed by atoms with Crippen molar-refractivity contribution in [2.45, 2.75) is 361 Å². The smallest absolute Gasteiger partial charge is 0.180 e. The Morgan fingerprint density at radius 2 is 0.530 bits per heavy atom. The minimum absolute atomic E-state index is 0.0174. The van der Waals surface area contributed by atoms with E-state index in [0.717, 1.165) is 88.9 Å². The van der Waals surface area contributed by atoms with Crippen molar-refractivity contribution in [3.63, 3.8) is 0 Å². The van der Waals surface area contributed by atoms with Crippen LogP contribution in [0.4, 0.5) is 0 Å². The molecule has 0 N–H and O–H groups in total. The lowest BCUT2D eigenvalue weighted by molar-refractivity contribution is -0.215. The highest BCUT2D eigenvalue weighted by atomic mass is 16.8. The Morgan fingerprint density at radius 3 is 0.819 bits per heavy atom. The van der Waals surface area contributed by atoms with E-state index in [2.05, 4.69) is 101 Å². The first-order chi connectivity index (χ1) is 41.2. The van der Waals surface area contributed by atoms with Crippen LogP contribution in [0, 0.1) is 0 Å². The molecule has 7 heteroatoms. The quantitative estimate of drug-likeness (QED) is 0.0371. The van der Waals surface area contributed by atoms with Crippen LogP contribution in [-0.2, 0) is 46.4 Å². The van der Waals surface area contributed by atoms with Crippen LogP contribution in [0.5, 0.6) is 0 Å². The zero-order valence-corrected chi connectivity index (χ0v) is 55.0. The summed E-state index contributed by atoms with van der Waals surface area (Å²) in [6, 6.07) is 20.8. The number of unbranched alkanes of at least 4 members (excludes halogenated alkanes) is 38. The molecular weight excluding hydrogens is 1020 g/mol. The molecule has 0 aliphatic rings. The van der Waals surface area contributed by atoms with E-state index in [-0.39, 0.29) is 12.6 Å². The van der Waals surface area contributed by atoms with Gasteiger partial charge in [-0.2, -0.15) is 0 Å². The van der Waals surface area contributed by atoms with Crippen LogP contribution in [0.15, 0.2) is 85.0 Å². The van der Waals surface area contributed by atoms with Gasteiger partial charge in [0.25, 0.3) is 0 Å². The van der Waals surface area contributed by atoms with Gasteiger partial charge in [0.1, 0.15) is 0 Å². The summed E-state index contributed by atoms with van der Waals surface area (Å²) < 4.78 is 44.7. The summed E-state index contributed by atoms with van der Waals surface area (Å²) in [6.45, 7) is 13.5. The van der Waals surface area contributed by atoms with Crippen molar-refractivity contribution in [3.8, 4) is 0 Å². The van der Waals surface area contributed by atoms with E-state index in [1.165, 1.54) is 244 Å². The molecule has 0 aromatic heterocycles. The molecule has 2 aromatic rings. The second kappa shape index (κ2) is 62.7. The Labute approximate surface area is 514 Å². The van der Waals surface area contributed by atoms with E-state index >= 15 is 0 Å². The molecule has 0 spiro atoms. The predicted molar refractivity (Wildman–Crippen MR) is 356 cm³/mol. The standard InChI is InChI=1S/C76H134O7/c1-5-9-13-17-39-53-65-77-73(78-66-54-40-18-14-10-6-2)61-49-35-31-27-23-21-25-29-33-37-51-63-75(81-69-71-57-45-43-46-58-71)83-76(82-70-72-59-47-44-48-60-72)64-52-38-34-30-26-22-24-28-32-36-50-62-74(79-67-55-41-19-15-11-7-3)80-68-56-42-20-16-12-8-4/h43-48,51-52,57-60,63-64,73-76H,5-42,49-50,53-56,61-62,65-70H2,1-4H3. The Balaban J connectivity index is 1.72. The molecule has 2 unspecified atom stereocenters. The monoisotopic (exact) mass is 1160 g/mol. The number of allylic oxidation sites excluding steroid dienone is 2. The first-order valence-electron chi connectivity index (χ1n) is 35.9. The topological polar surface area (TPSA) is 64.6 Å². The van der Waals surface area contributed by atoms with Gasteiger partial charge < -0.3 is 33.2 Å². The van der Waals surface area contributed by atoms with E-state index in [1.807, 2.05) is 12.1 Å². The van der Waals surface area contributed by atoms with Crippen LogP contribution in [0.3, 0.4) is 0 Å². The van der Waals surface area contributed by atoms with Gasteiger partial charge in [-0.05, 0) is 100 Å². The molecule has 0 saturated heterocycles. The molecule has 2 rings (SSSR count). The maximum Gasteiger partial charge on any atom is 0.180 e. The fourth-order valence-corrected chi connectivity index (χ4v) is 10.8. The van der Waals surface area contributed by atoms with Crippen LogP contribution in [0.25, 0.3) is 0 Å². The highest BCUT2D eigenvalue weighted by Gasteiger charge is 2.15. The van der Waals surface area contributed by atoms with Crippen molar-refractivity contribution < 1.29 is 33.2 Å². The Bertz CT molecular complexity index is 1450. The summed E-state index contributed by atoms with van der Waals surface area (Å²) in [7, 11) is 0. The van der Waals surface area contributed by atoms with Crippen LogP contribution >= 0.6 is 0 Å². The fourth-order valence-electron chi connectivity index (χ4n) is 10.8. The molecule has 0 amide bonds. The summed E-state index contributed by atoms with van der Waals surface area (Å²) in [4.78, 5) is 0. The van der Waals surface area contributed by atoms with E-state index in [0.29, 0.717) is 13.2 Å². The zero-order valence-electron chi connectivity index (χ0n) is 55.0. The van der Waals surface area contributed by atoms with E-state index < -0.39 is 12.6 Å².